The van der Waals surface area contributed by atoms with Crippen molar-refractivity contribution in [2.24, 2.45) is 0 Å². The van der Waals surface area contributed by atoms with Crippen LogP contribution in [-0.2, 0) is 11.3 Å². The molecule has 2 rings (SSSR count). The van der Waals surface area contributed by atoms with Crippen LogP contribution in [0, 0.1) is 0 Å². The highest BCUT2D eigenvalue weighted by Gasteiger charge is 2.22. The summed E-state index contributed by atoms with van der Waals surface area (Å²) in [5.74, 6) is 3.29. The van der Waals surface area contributed by atoms with Gasteiger partial charge in [-0.2, -0.15) is 11.8 Å². The monoisotopic (exact) mass is 296 g/mol. The van der Waals surface area contributed by atoms with Crippen LogP contribution < -0.4 is 10.6 Å². The van der Waals surface area contributed by atoms with E-state index in [1.807, 2.05) is 30.0 Å². The predicted octanol–water partition coefficient (Wildman–Crippen LogP) is 2.58. The van der Waals surface area contributed by atoms with Crippen LogP contribution in [0.4, 0.5) is 5.69 Å². The third kappa shape index (κ3) is 4.75. The Morgan fingerprint density at radius 1 is 1.42 bits per heavy atom. The summed E-state index contributed by atoms with van der Waals surface area (Å²) in [5.41, 5.74) is 2.10. The van der Waals surface area contributed by atoms with E-state index in [9.17, 15) is 4.79 Å². The maximum atomic E-state index is 12.1. The topological polar surface area (TPSA) is 41.1 Å². The van der Waals surface area contributed by atoms with Gasteiger partial charge in [-0.1, -0.05) is 19.1 Å². The van der Waals surface area contributed by atoms with E-state index in [4.69, 9.17) is 0 Å². The highest BCUT2D eigenvalue weighted by molar-refractivity contribution is 8.07. The normalized spacial score (nSPS) is 19.1. The minimum Gasteiger partial charge on any atom is -0.325 e. The summed E-state index contributed by atoms with van der Waals surface area (Å²) in [7, 11) is 0. The van der Waals surface area contributed by atoms with E-state index in [0.29, 0.717) is 0 Å². The number of benzene rings is 1. The van der Waals surface area contributed by atoms with Gasteiger partial charge in [0.1, 0.15) is 0 Å². The molecule has 1 atom stereocenters. The van der Waals surface area contributed by atoms with Crippen LogP contribution in [-0.4, -0.2) is 35.0 Å². The Morgan fingerprint density at radius 3 is 3.05 bits per heavy atom. The third-order valence-corrected chi connectivity index (χ3v) is 5.64. The Labute approximate surface area is 123 Å². The Morgan fingerprint density at radius 2 is 2.32 bits per heavy atom. The lowest BCUT2D eigenvalue weighted by Gasteiger charge is -2.20. The Bertz CT molecular complexity index is 420. The molecule has 0 aromatic heterocycles. The first kappa shape index (κ1) is 14.8. The van der Waals surface area contributed by atoms with Crippen molar-refractivity contribution in [3.63, 3.8) is 0 Å². The molecule has 19 heavy (non-hydrogen) atoms. The number of rotatable bonds is 5. The SMILES string of the molecule is CCNCc1cccc(NC(=O)C2CSCCS2)c1. The molecule has 1 unspecified atom stereocenters. The van der Waals surface area contributed by atoms with Crippen molar-refractivity contribution in [3.8, 4) is 0 Å². The van der Waals surface area contributed by atoms with Gasteiger partial charge in [-0.15, -0.1) is 11.8 Å². The highest BCUT2D eigenvalue weighted by Crippen LogP contribution is 2.25. The molecule has 1 saturated heterocycles. The van der Waals surface area contributed by atoms with Crippen molar-refractivity contribution < 1.29 is 4.79 Å². The molecule has 3 nitrogen and oxygen atoms in total. The minimum absolute atomic E-state index is 0.0937. The fourth-order valence-corrected chi connectivity index (χ4v) is 4.45. The van der Waals surface area contributed by atoms with Gasteiger partial charge < -0.3 is 10.6 Å². The molecule has 1 amide bonds. The first-order valence-corrected chi connectivity index (χ1v) is 8.80. The molecule has 2 N–H and O–H groups in total. The van der Waals surface area contributed by atoms with Gasteiger partial charge in [-0.25, -0.2) is 0 Å². The van der Waals surface area contributed by atoms with Crippen molar-refractivity contribution in [2.75, 3.05) is 29.1 Å². The number of thioether (sulfide) groups is 2. The van der Waals surface area contributed by atoms with Crippen molar-refractivity contribution in [2.45, 2.75) is 18.7 Å². The summed E-state index contributed by atoms with van der Waals surface area (Å²) in [6.07, 6.45) is 0. The van der Waals surface area contributed by atoms with E-state index in [2.05, 4.69) is 23.6 Å². The van der Waals surface area contributed by atoms with Crippen molar-refractivity contribution in [1.82, 2.24) is 5.32 Å². The lowest BCUT2D eigenvalue weighted by Crippen LogP contribution is -2.30. The number of carbonyl (C=O) groups is 1. The second kappa shape index (κ2) is 7.82. The summed E-state index contributed by atoms with van der Waals surface area (Å²) < 4.78 is 0. The van der Waals surface area contributed by atoms with Gasteiger partial charge in [0.15, 0.2) is 0 Å². The zero-order chi connectivity index (χ0) is 13.5. The van der Waals surface area contributed by atoms with Crippen LogP contribution in [0.3, 0.4) is 0 Å². The molecule has 1 fully saturated rings. The first-order valence-electron chi connectivity index (χ1n) is 6.59. The average Bonchev–Trinajstić information content (AvgIpc) is 2.46. The summed E-state index contributed by atoms with van der Waals surface area (Å²) in [4.78, 5) is 12.1. The molecular weight excluding hydrogens is 276 g/mol. The maximum Gasteiger partial charge on any atom is 0.238 e. The molecular formula is C14H20N2OS2. The van der Waals surface area contributed by atoms with Gasteiger partial charge >= 0.3 is 0 Å². The van der Waals surface area contributed by atoms with Gasteiger partial charge in [0.25, 0.3) is 0 Å². The Balaban J connectivity index is 1.92. The van der Waals surface area contributed by atoms with Crippen molar-refractivity contribution in [3.05, 3.63) is 29.8 Å². The molecule has 0 bridgehead atoms. The van der Waals surface area contributed by atoms with Crippen LogP contribution in [0.1, 0.15) is 12.5 Å². The number of anilines is 1. The van der Waals surface area contributed by atoms with E-state index < -0.39 is 0 Å². The number of hydrogen-bond acceptors (Lipinski definition) is 4. The molecule has 1 aliphatic rings. The van der Waals surface area contributed by atoms with E-state index in [1.54, 1.807) is 11.8 Å². The number of hydrogen-bond donors (Lipinski definition) is 2. The number of carbonyl (C=O) groups excluding carboxylic acids is 1. The molecule has 1 aliphatic heterocycles. The quantitative estimate of drug-likeness (QED) is 0.876. The van der Waals surface area contributed by atoms with Gasteiger partial charge in [0.05, 0.1) is 5.25 Å². The van der Waals surface area contributed by atoms with Crippen LogP contribution in [0.5, 0.6) is 0 Å². The molecule has 0 radical (unpaired) electrons. The number of nitrogens with one attached hydrogen (secondary N) is 2. The van der Waals surface area contributed by atoms with Crippen LogP contribution >= 0.6 is 23.5 Å². The molecule has 0 spiro atoms. The third-order valence-electron chi connectivity index (χ3n) is 2.88. The second-order valence-electron chi connectivity index (χ2n) is 4.40. The Kier molecular flexibility index (Phi) is 6.07. The highest BCUT2D eigenvalue weighted by atomic mass is 32.2. The number of amides is 1. The Hall–Kier alpha value is -0.650. The molecule has 0 aliphatic carbocycles. The first-order chi connectivity index (χ1) is 9.29. The van der Waals surface area contributed by atoms with Crippen molar-refractivity contribution >= 4 is 35.1 Å². The predicted molar refractivity (Wildman–Crippen MR) is 86.0 cm³/mol. The molecule has 0 saturated carbocycles. The largest absolute Gasteiger partial charge is 0.325 e. The van der Waals surface area contributed by atoms with Crippen molar-refractivity contribution in [1.29, 1.82) is 0 Å². The van der Waals surface area contributed by atoms with Gasteiger partial charge in [-0.05, 0) is 24.2 Å². The molecule has 5 heteroatoms. The average molecular weight is 296 g/mol. The van der Waals surface area contributed by atoms with E-state index in [0.717, 1.165) is 36.0 Å². The molecule has 1 heterocycles. The van der Waals surface area contributed by atoms with Gasteiger partial charge in [0, 0.05) is 29.5 Å². The zero-order valence-corrected chi connectivity index (χ0v) is 12.8. The standard InChI is InChI=1S/C14H20N2OS2/c1-2-15-9-11-4-3-5-12(8-11)16-14(17)13-10-18-6-7-19-13/h3-5,8,13,15H,2,6-7,9-10H2,1H3,(H,16,17). The van der Waals surface area contributed by atoms with E-state index in [-0.39, 0.29) is 11.2 Å². The van der Waals surface area contributed by atoms with Gasteiger partial charge in [0.2, 0.25) is 5.91 Å². The smallest absolute Gasteiger partial charge is 0.238 e. The second-order valence-corrected chi connectivity index (χ2v) is 6.86. The van der Waals surface area contributed by atoms with E-state index >= 15 is 0 Å². The fraction of sp³-hybridized carbons (Fsp3) is 0.500. The van der Waals surface area contributed by atoms with Crippen LogP contribution in [0.15, 0.2) is 24.3 Å². The molecule has 1 aromatic rings. The minimum atomic E-state index is 0.0937. The maximum absolute atomic E-state index is 12.1. The fourth-order valence-electron chi connectivity index (χ4n) is 1.89. The van der Waals surface area contributed by atoms with E-state index in [1.165, 1.54) is 5.56 Å². The summed E-state index contributed by atoms with van der Waals surface area (Å²) in [6.45, 7) is 3.88. The van der Waals surface area contributed by atoms with Gasteiger partial charge in [-0.3, -0.25) is 4.79 Å². The lowest BCUT2D eigenvalue weighted by molar-refractivity contribution is -0.115. The van der Waals surface area contributed by atoms with Crippen LogP contribution in [0.2, 0.25) is 0 Å². The zero-order valence-electron chi connectivity index (χ0n) is 11.1. The summed E-state index contributed by atoms with van der Waals surface area (Å²) in [6, 6.07) is 8.06. The summed E-state index contributed by atoms with van der Waals surface area (Å²) >= 11 is 3.63. The van der Waals surface area contributed by atoms with Crippen LogP contribution in [0.25, 0.3) is 0 Å². The summed E-state index contributed by atoms with van der Waals surface area (Å²) in [5, 5.41) is 6.41. The lowest BCUT2D eigenvalue weighted by atomic mass is 10.2. The molecule has 1 aromatic carbocycles. The molecule has 104 valence electrons.